The number of aliphatic imine (C=N–C) groups is 1. The molecule has 6 heteroatoms. The first-order chi connectivity index (χ1) is 15.0. The largest absolute Gasteiger partial charge is 0.493 e. The first kappa shape index (κ1) is 20.2. The summed E-state index contributed by atoms with van der Waals surface area (Å²) in [6.07, 6.45) is 0.738. The first-order valence-electron chi connectivity index (χ1n) is 9.74. The van der Waals surface area contributed by atoms with E-state index < -0.39 is 12.1 Å². The average Bonchev–Trinajstić information content (AvgIpc) is 3.23. The number of ether oxygens (including phenoxy) is 2. The van der Waals surface area contributed by atoms with Crippen LogP contribution in [0.4, 0.5) is 5.69 Å². The molecule has 1 heterocycles. The highest BCUT2D eigenvalue weighted by Crippen LogP contribution is 2.30. The van der Waals surface area contributed by atoms with Crippen molar-refractivity contribution in [3.63, 3.8) is 0 Å². The van der Waals surface area contributed by atoms with Crippen LogP contribution in [0.1, 0.15) is 12.5 Å². The van der Waals surface area contributed by atoms with E-state index >= 15 is 0 Å². The fraction of sp³-hybridized carbons (Fsp3) is 0.120. The summed E-state index contributed by atoms with van der Waals surface area (Å²) in [5.41, 5.74) is 3.43. The van der Waals surface area contributed by atoms with Gasteiger partial charge in [0.05, 0.1) is 12.8 Å². The second-order valence-electron chi connectivity index (χ2n) is 6.96. The summed E-state index contributed by atoms with van der Waals surface area (Å²) in [6.45, 7) is 1.46. The van der Waals surface area contributed by atoms with Gasteiger partial charge in [0.15, 0.2) is 17.6 Å². The third kappa shape index (κ3) is 4.59. The van der Waals surface area contributed by atoms with E-state index in [-0.39, 0.29) is 0 Å². The molecular formula is C25H21NO5. The molecule has 0 unspecified atom stereocenters. The molecule has 0 aliphatic carbocycles. The molecule has 3 aromatic carbocycles. The molecule has 0 amide bonds. The number of furan rings is 1. The summed E-state index contributed by atoms with van der Waals surface area (Å²) < 4.78 is 16.6. The fourth-order valence-corrected chi connectivity index (χ4v) is 3.09. The van der Waals surface area contributed by atoms with E-state index in [1.165, 1.54) is 14.0 Å². The summed E-state index contributed by atoms with van der Waals surface area (Å²) in [7, 11) is 1.51. The number of hydrogen-bond acceptors (Lipinski definition) is 5. The molecule has 0 saturated heterocycles. The Labute approximate surface area is 179 Å². The van der Waals surface area contributed by atoms with Crippen LogP contribution in [0.3, 0.4) is 0 Å². The topological polar surface area (TPSA) is 81.3 Å². The third-order valence-corrected chi connectivity index (χ3v) is 4.78. The predicted octanol–water partition coefficient (Wildman–Crippen LogP) is 5.71. The maximum atomic E-state index is 11.0. The van der Waals surface area contributed by atoms with Crippen LogP contribution in [0, 0.1) is 0 Å². The molecule has 0 spiro atoms. The smallest absolute Gasteiger partial charge is 0.344 e. The van der Waals surface area contributed by atoms with Crippen LogP contribution in [0.5, 0.6) is 11.5 Å². The second kappa shape index (κ2) is 8.75. The SMILES string of the molecule is COc1cc(C=Nc2ccc(-c3cc4ccccc4o3)cc2)ccc1O[C@@H](C)C(=O)O. The normalized spacial score (nSPS) is 12.2. The molecule has 1 atom stereocenters. The number of aliphatic carboxylic acids is 1. The zero-order chi connectivity index (χ0) is 21.8. The van der Waals surface area contributed by atoms with Crippen LogP contribution in [0.25, 0.3) is 22.3 Å². The number of rotatable bonds is 7. The number of fused-ring (bicyclic) bond motifs is 1. The Hall–Kier alpha value is -4.06. The number of methoxy groups -OCH3 is 1. The van der Waals surface area contributed by atoms with Crippen molar-refractivity contribution in [1.82, 2.24) is 0 Å². The van der Waals surface area contributed by atoms with Crippen molar-refractivity contribution < 1.29 is 23.8 Å². The minimum Gasteiger partial charge on any atom is -0.493 e. The van der Waals surface area contributed by atoms with Gasteiger partial charge in [-0.2, -0.15) is 0 Å². The Morgan fingerprint density at radius 2 is 1.81 bits per heavy atom. The van der Waals surface area contributed by atoms with Crippen molar-refractivity contribution in [2.75, 3.05) is 7.11 Å². The zero-order valence-electron chi connectivity index (χ0n) is 17.1. The van der Waals surface area contributed by atoms with Gasteiger partial charge in [0.25, 0.3) is 0 Å². The van der Waals surface area contributed by atoms with E-state index in [0.29, 0.717) is 11.5 Å². The van der Waals surface area contributed by atoms with Crippen molar-refractivity contribution in [1.29, 1.82) is 0 Å². The molecule has 1 aromatic heterocycles. The number of carbonyl (C=O) groups is 1. The molecule has 0 aliphatic rings. The summed E-state index contributed by atoms with van der Waals surface area (Å²) in [5, 5.41) is 10.1. The lowest BCUT2D eigenvalue weighted by Gasteiger charge is -2.14. The molecule has 0 radical (unpaired) electrons. The van der Waals surface area contributed by atoms with Crippen LogP contribution in [0.2, 0.25) is 0 Å². The lowest BCUT2D eigenvalue weighted by atomic mass is 10.1. The average molecular weight is 415 g/mol. The molecule has 31 heavy (non-hydrogen) atoms. The first-order valence-corrected chi connectivity index (χ1v) is 9.74. The van der Waals surface area contributed by atoms with Crippen LogP contribution < -0.4 is 9.47 Å². The van der Waals surface area contributed by atoms with Crippen LogP contribution in [-0.4, -0.2) is 30.5 Å². The lowest BCUT2D eigenvalue weighted by molar-refractivity contribution is -0.144. The highest BCUT2D eigenvalue weighted by atomic mass is 16.5. The van der Waals surface area contributed by atoms with Crippen LogP contribution in [0.15, 0.2) is 82.2 Å². The standard InChI is InChI=1S/C25H21NO5/c1-16(25(27)28)30-22-12-7-17(13-24(22)29-2)15-26-20-10-8-18(9-11-20)23-14-19-5-3-4-6-21(19)31-23/h3-16H,1-2H3,(H,27,28)/t16-/m0/s1. The van der Waals surface area contributed by atoms with Crippen molar-refractivity contribution in [3.05, 3.63) is 78.4 Å². The maximum absolute atomic E-state index is 11.0. The summed E-state index contributed by atoms with van der Waals surface area (Å²) in [4.78, 5) is 15.5. The van der Waals surface area contributed by atoms with Crippen molar-refractivity contribution in [3.8, 4) is 22.8 Å². The fourth-order valence-electron chi connectivity index (χ4n) is 3.09. The van der Waals surface area contributed by atoms with Gasteiger partial charge in [-0.1, -0.05) is 18.2 Å². The monoisotopic (exact) mass is 415 g/mol. The van der Waals surface area contributed by atoms with Gasteiger partial charge in [0.1, 0.15) is 11.3 Å². The number of carboxylic acids is 1. The second-order valence-corrected chi connectivity index (χ2v) is 6.96. The van der Waals surface area contributed by atoms with E-state index in [1.807, 2.05) is 54.6 Å². The van der Waals surface area contributed by atoms with Gasteiger partial charge in [-0.15, -0.1) is 0 Å². The molecule has 4 aromatic rings. The highest BCUT2D eigenvalue weighted by molar-refractivity contribution is 5.84. The number of hydrogen-bond donors (Lipinski definition) is 1. The van der Waals surface area contributed by atoms with Gasteiger partial charge >= 0.3 is 5.97 Å². The molecule has 156 valence electrons. The minimum atomic E-state index is -1.04. The molecular weight excluding hydrogens is 394 g/mol. The molecule has 0 saturated carbocycles. The number of carboxylic acid groups (broad SMARTS) is 1. The lowest BCUT2D eigenvalue weighted by Crippen LogP contribution is -2.23. The number of nitrogens with zero attached hydrogens (tertiary/aromatic N) is 1. The van der Waals surface area contributed by atoms with Crippen LogP contribution in [-0.2, 0) is 4.79 Å². The van der Waals surface area contributed by atoms with Gasteiger partial charge in [0, 0.05) is 17.2 Å². The highest BCUT2D eigenvalue weighted by Gasteiger charge is 2.15. The van der Waals surface area contributed by atoms with Gasteiger partial charge in [-0.25, -0.2) is 4.79 Å². The van der Waals surface area contributed by atoms with Gasteiger partial charge in [-0.05, 0) is 67.1 Å². The van der Waals surface area contributed by atoms with E-state index in [0.717, 1.165) is 33.5 Å². The van der Waals surface area contributed by atoms with E-state index in [4.69, 9.17) is 19.0 Å². The Morgan fingerprint density at radius 3 is 2.52 bits per heavy atom. The predicted molar refractivity (Wildman–Crippen MR) is 120 cm³/mol. The molecule has 6 nitrogen and oxygen atoms in total. The molecule has 1 N–H and O–H groups in total. The van der Waals surface area contributed by atoms with Crippen molar-refractivity contribution in [2.24, 2.45) is 4.99 Å². The zero-order valence-corrected chi connectivity index (χ0v) is 17.1. The molecule has 4 rings (SSSR count). The summed E-state index contributed by atoms with van der Waals surface area (Å²) >= 11 is 0. The quantitative estimate of drug-likeness (QED) is 0.391. The Bertz CT molecular complexity index is 1210. The molecule has 0 aliphatic heterocycles. The number of para-hydroxylation sites is 1. The van der Waals surface area contributed by atoms with Crippen LogP contribution >= 0.6 is 0 Å². The Kier molecular flexibility index (Phi) is 5.71. The van der Waals surface area contributed by atoms with Crippen molar-refractivity contribution in [2.45, 2.75) is 13.0 Å². The number of benzene rings is 3. The Morgan fingerprint density at radius 1 is 1.03 bits per heavy atom. The maximum Gasteiger partial charge on any atom is 0.344 e. The van der Waals surface area contributed by atoms with Gasteiger partial charge in [0.2, 0.25) is 0 Å². The third-order valence-electron chi connectivity index (χ3n) is 4.78. The Balaban J connectivity index is 1.49. The summed E-state index contributed by atoms with van der Waals surface area (Å²) in [5.74, 6) is 0.577. The van der Waals surface area contributed by atoms with Crippen molar-refractivity contribution >= 4 is 28.8 Å². The summed E-state index contributed by atoms with van der Waals surface area (Å²) in [6, 6.07) is 22.9. The minimum absolute atomic E-state index is 0.365. The van der Waals surface area contributed by atoms with E-state index in [9.17, 15) is 4.79 Å². The molecule has 0 bridgehead atoms. The van der Waals surface area contributed by atoms with Gasteiger partial charge < -0.3 is 19.0 Å². The van der Waals surface area contributed by atoms with Gasteiger partial charge in [-0.3, -0.25) is 4.99 Å². The van der Waals surface area contributed by atoms with E-state index in [1.54, 1.807) is 24.4 Å². The molecule has 0 fully saturated rings. The van der Waals surface area contributed by atoms with E-state index in [2.05, 4.69) is 4.99 Å².